The zero-order valence-electron chi connectivity index (χ0n) is 11.3. The number of methoxy groups -OCH3 is 2. The number of pyridine rings is 1. The smallest absolute Gasteiger partial charge is 0.161 e. The van der Waals surface area contributed by atoms with Crippen molar-refractivity contribution >= 4 is 11.6 Å². The lowest BCUT2D eigenvalue weighted by molar-refractivity contribution is 0.355. The Labute approximate surface area is 117 Å². The van der Waals surface area contributed by atoms with Gasteiger partial charge in [0.25, 0.3) is 0 Å². The fraction of sp³-hybridized carbons (Fsp3) is 0.125. The van der Waals surface area contributed by atoms with E-state index in [-0.39, 0.29) is 0 Å². The first-order valence-electron chi connectivity index (χ1n) is 6.02. The Hall–Kier alpha value is -2.80. The molecule has 1 aromatic carbocycles. The van der Waals surface area contributed by atoms with Gasteiger partial charge >= 0.3 is 0 Å². The third-order valence-electron chi connectivity index (χ3n) is 2.83. The SMILES string of the molecule is COc1ccc(/C(C#N)=C\c2ccncc2)cc1OC. The maximum absolute atomic E-state index is 9.32. The molecule has 0 atom stereocenters. The van der Waals surface area contributed by atoms with Crippen LogP contribution in [0, 0.1) is 11.3 Å². The summed E-state index contributed by atoms with van der Waals surface area (Å²) in [4.78, 5) is 3.95. The van der Waals surface area contributed by atoms with Gasteiger partial charge in [-0.05, 0) is 47.5 Å². The molecule has 20 heavy (non-hydrogen) atoms. The molecule has 1 aromatic heterocycles. The molecule has 0 bridgehead atoms. The standard InChI is InChI=1S/C16H14N2O2/c1-19-15-4-3-13(10-16(15)20-2)14(11-17)9-12-5-7-18-8-6-12/h3-10H,1-2H3/b14-9-. The Kier molecular flexibility index (Phi) is 4.35. The van der Waals surface area contributed by atoms with Crippen molar-refractivity contribution < 1.29 is 9.47 Å². The Morgan fingerprint density at radius 3 is 2.40 bits per heavy atom. The minimum absolute atomic E-state index is 0.553. The van der Waals surface area contributed by atoms with Crippen LogP contribution in [0.4, 0.5) is 0 Å². The van der Waals surface area contributed by atoms with Gasteiger partial charge in [-0.2, -0.15) is 5.26 Å². The summed E-state index contributed by atoms with van der Waals surface area (Å²) in [5, 5.41) is 9.32. The Morgan fingerprint density at radius 2 is 1.80 bits per heavy atom. The molecule has 0 spiro atoms. The van der Waals surface area contributed by atoms with E-state index in [0.29, 0.717) is 17.1 Å². The molecule has 0 saturated heterocycles. The summed E-state index contributed by atoms with van der Waals surface area (Å²) >= 11 is 0. The zero-order valence-corrected chi connectivity index (χ0v) is 11.3. The van der Waals surface area contributed by atoms with E-state index < -0.39 is 0 Å². The molecule has 0 N–H and O–H groups in total. The molecular weight excluding hydrogens is 252 g/mol. The highest BCUT2D eigenvalue weighted by Gasteiger charge is 2.07. The van der Waals surface area contributed by atoms with E-state index in [4.69, 9.17) is 9.47 Å². The van der Waals surface area contributed by atoms with E-state index in [1.54, 1.807) is 38.7 Å². The van der Waals surface area contributed by atoms with Crippen LogP contribution >= 0.6 is 0 Å². The van der Waals surface area contributed by atoms with E-state index in [0.717, 1.165) is 11.1 Å². The van der Waals surface area contributed by atoms with Crippen LogP contribution in [-0.4, -0.2) is 19.2 Å². The number of rotatable bonds is 4. The molecule has 0 aliphatic rings. The van der Waals surface area contributed by atoms with Crippen LogP contribution in [0.25, 0.3) is 11.6 Å². The second kappa shape index (κ2) is 6.39. The summed E-state index contributed by atoms with van der Waals surface area (Å²) in [5.41, 5.74) is 2.26. The van der Waals surface area contributed by atoms with E-state index in [9.17, 15) is 5.26 Å². The fourth-order valence-electron chi connectivity index (χ4n) is 1.81. The van der Waals surface area contributed by atoms with Crippen LogP contribution in [0.2, 0.25) is 0 Å². The van der Waals surface area contributed by atoms with Crippen LogP contribution < -0.4 is 9.47 Å². The predicted octanol–water partition coefficient (Wildman–Crippen LogP) is 3.16. The second-order valence-electron chi connectivity index (χ2n) is 4.02. The van der Waals surface area contributed by atoms with E-state index >= 15 is 0 Å². The summed E-state index contributed by atoms with van der Waals surface area (Å²) in [7, 11) is 3.15. The van der Waals surface area contributed by atoms with Crippen LogP contribution in [0.1, 0.15) is 11.1 Å². The zero-order chi connectivity index (χ0) is 14.4. The first-order chi connectivity index (χ1) is 9.78. The van der Waals surface area contributed by atoms with Gasteiger partial charge in [0.15, 0.2) is 11.5 Å². The third kappa shape index (κ3) is 2.96. The number of nitriles is 1. The van der Waals surface area contributed by atoms with Crippen LogP contribution in [0.5, 0.6) is 11.5 Å². The Balaban J connectivity index is 2.43. The van der Waals surface area contributed by atoms with Gasteiger partial charge in [0.1, 0.15) is 0 Å². The number of hydrogen-bond donors (Lipinski definition) is 0. The van der Waals surface area contributed by atoms with E-state index in [1.165, 1.54) is 0 Å². The molecule has 2 aromatic rings. The van der Waals surface area contributed by atoms with E-state index in [2.05, 4.69) is 11.1 Å². The third-order valence-corrected chi connectivity index (χ3v) is 2.83. The maximum atomic E-state index is 9.32. The highest BCUT2D eigenvalue weighted by molar-refractivity contribution is 5.90. The number of ether oxygens (including phenoxy) is 2. The molecule has 100 valence electrons. The van der Waals surface area contributed by atoms with Crippen molar-refractivity contribution in [2.45, 2.75) is 0 Å². The quantitative estimate of drug-likeness (QED) is 0.798. The average molecular weight is 266 g/mol. The van der Waals surface area contributed by atoms with Gasteiger partial charge in [0, 0.05) is 12.4 Å². The fourth-order valence-corrected chi connectivity index (χ4v) is 1.81. The minimum Gasteiger partial charge on any atom is -0.493 e. The number of nitrogens with zero attached hydrogens (tertiary/aromatic N) is 2. The number of benzene rings is 1. The first-order valence-corrected chi connectivity index (χ1v) is 6.02. The molecule has 0 amide bonds. The first kappa shape index (κ1) is 13.6. The molecule has 0 radical (unpaired) electrons. The molecule has 0 fully saturated rings. The number of allylic oxidation sites excluding steroid dienone is 1. The van der Waals surface area contributed by atoms with Crippen molar-refractivity contribution in [3.8, 4) is 17.6 Å². The van der Waals surface area contributed by atoms with Crippen molar-refractivity contribution in [1.29, 1.82) is 5.26 Å². The van der Waals surface area contributed by atoms with Crippen molar-refractivity contribution in [2.75, 3.05) is 14.2 Å². The van der Waals surface area contributed by atoms with Crippen molar-refractivity contribution in [3.63, 3.8) is 0 Å². The molecule has 0 aliphatic heterocycles. The number of aromatic nitrogens is 1. The molecular formula is C16H14N2O2. The monoisotopic (exact) mass is 266 g/mol. The maximum Gasteiger partial charge on any atom is 0.161 e. The van der Waals surface area contributed by atoms with Crippen LogP contribution in [-0.2, 0) is 0 Å². The lowest BCUT2D eigenvalue weighted by Crippen LogP contribution is -1.92. The van der Waals surface area contributed by atoms with Gasteiger partial charge < -0.3 is 9.47 Å². The lowest BCUT2D eigenvalue weighted by atomic mass is 10.0. The minimum atomic E-state index is 0.553. The molecule has 0 aliphatic carbocycles. The summed E-state index contributed by atoms with van der Waals surface area (Å²) < 4.78 is 10.4. The van der Waals surface area contributed by atoms with Gasteiger partial charge in [-0.1, -0.05) is 0 Å². The van der Waals surface area contributed by atoms with Gasteiger partial charge in [-0.15, -0.1) is 0 Å². The highest BCUT2D eigenvalue weighted by Crippen LogP contribution is 2.30. The molecule has 4 nitrogen and oxygen atoms in total. The lowest BCUT2D eigenvalue weighted by Gasteiger charge is -2.09. The Bertz CT molecular complexity index is 658. The molecule has 2 rings (SSSR count). The van der Waals surface area contributed by atoms with Crippen LogP contribution in [0.3, 0.4) is 0 Å². The predicted molar refractivity (Wildman–Crippen MR) is 77.3 cm³/mol. The second-order valence-corrected chi connectivity index (χ2v) is 4.02. The summed E-state index contributed by atoms with van der Waals surface area (Å²) in [5.74, 6) is 1.23. The van der Waals surface area contributed by atoms with Crippen molar-refractivity contribution in [3.05, 3.63) is 53.9 Å². The highest BCUT2D eigenvalue weighted by atomic mass is 16.5. The topological polar surface area (TPSA) is 55.1 Å². The van der Waals surface area contributed by atoms with Crippen molar-refractivity contribution in [1.82, 2.24) is 4.98 Å². The van der Waals surface area contributed by atoms with E-state index in [1.807, 2.05) is 24.3 Å². The van der Waals surface area contributed by atoms with Gasteiger partial charge in [-0.25, -0.2) is 0 Å². The average Bonchev–Trinajstić information content (AvgIpc) is 2.53. The number of hydrogen-bond acceptors (Lipinski definition) is 4. The summed E-state index contributed by atoms with van der Waals surface area (Å²) in [6.45, 7) is 0. The largest absolute Gasteiger partial charge is 0.493 e. The van der Waals surface area contributed by atoms with Gasteiger partial charge in [-0.3, -0.25) is 4.98 Å². The molecule has 1 heterocycles. The summed E-state index contributed by atoms with van der Waals surface area (Å²) in [6.07, 6.45) is 5.19. The van der Waals surface area contributed by atoms with Gasteiger partial charge in [0.05, 0.1) is 25.9 Å². The van der Waals surface area contributed by atoms with Gasteiger partial charge in [0.2, 0.25) is 0 Å². The summed E-state index contributed by atoms with van der Waals surface area (Å²) in [6, 6.07) is 11.3. The molecule has 4 heteroatoms. The Morgan fingerprint density at radius 1 is 1.10 bits per heavy atom. The van der Waals surface area contributed by atoms with Crippen molar-refractivity contribution in [2.24, 2.45) is 0 Å². The normalized spacial score (nSPS) is 10.8. The van der Waals surface area contributed by atoms with Crippen LogP contribution in [0.15, 0.2) is 42.7 Å². The molecule has 0 unspecified atom stereocenters. The molecule has 0 saturated carbocycles.